The summed E-state index contributed by atoms with van der Waals surface area (Å²) in [4.78, 5) is 10.1. The van der Waals surface area contributed by atoms with Gasteiger partial charge < -0.3 is 10.1 Å². The highest BCUT2D eigenvalue weighted by Crippen LogP contribution is 2.17. The standard InChI is InChI=1S/C6H8F3NO2/c7-6(8,9)5(11)12-3-4-1-10-2-4/h4,10H,1-3H2. The highest BCUT2D eigenvalue weighted by molar-refractivity contribution is 5.75. The molecule has 1 N–H and O–H groups in total. The Balaban J connectivity index is 2.17. The summed E-state index contributed by atoms with van der Waals surface area (Å²) >= 11 is 0. The van der Waals surface area contributed by atoms with Gasteiger partial charge in [-0.25, -0.2) is 4.79 Å². The molecule has 0 spiro atoms. The zero-order valence-electron chi connectivity index (χ0n) is 6.15. The molecule has 12 heavy (non-hydrogen) atoms. The first-order chi connectivity index (χ1) is 5.50. The van der Waals surface area contributed by atoms with Gasteiger partial charge in [0.1, 0.15) is 0 Å². The molecular formula is C6H8F3NO2. The zero-order chi connectivity index (χ0) is 9.19. The Morgan fingerprint density at radius 1 is 1.50 bits per heavy atom. The molecule has 1 saturated heterocycles. The first-order valence-corrected chi connectivity index (χ1v) is 3.45. The lowest BCUT2D eigenvalue weighted by Crippen LogP contribution is -2.45. The summed E-state index contributed by atoms with van der Waals surface area (Å²) in [5, 5.41) is 2.85. The lowest BCUT2D eigenvalue weighted by Gasteiger charge is -2.26. The number of carbonyl (C=O) groups is 1. The number of carbonyl (C=O) groups excluding carboxylic acids is 1. The van der Waals surface area contributed by atoms with Crippen molar-refractivity contribution in [2.24, 2.45) is 5.92 Å². The van der Waals surface area contributed by atoms with Crippen molar-refractivity contribution in [3.05, 3.63) is 0 Å². The Morgan fingerprint density at radius 2 is 2.08 bits per heavy atom. The molecule has 1 fully saturated rings. The summed E-state index contributed by atoms with van der Waals surface area (Å²) < 4.78 is 38.6. The summed E-state index contributed by atoms with van der Waals surface area (Å²) in [6, 6.07) is 0. The maximum atomic E-state index is 11.5. The average molecular weight is 183 g/mol. The van der Waals surface area contributed by atoms with E-state index >= 15 is 0 Å². The second-order valence-corrected chi connectivity index (χ2v) is 2.62. The molecule has 1 rings (SSSR count). The molecule has 0 amide bonds. The number of nitrogens with one attached hydrogen (secondary N) is 1. The molecule has 0 bridgehead atoms. The smallest absolute Gasteiger partial charge is 0.459 e. The summed E-state index contributed by atoms with van der Waals surface area (Å²) in [5.74, 6) is -2.06. The van der Waals surface area contributed by atoms with E-state index in [1.165, 1.54) is 0 Å². The van der Waals surface area contributed by atoms with Gasteiger partial charge in [0.15, 0.2) is 0 Å². The molecule has 3 nitrogen and oxygen atoms in total. The summed E-state index contributed by atoms with van der Waals surface area (Å²) in [6.45, 7) is 1.08. The molecule has 0 radical (unpaired) electrons. The summed E-state index contributed by atoms with van der Waals surface area (Å²) in [5.41, 5.74) is 0. The molecule has 1 aliphatic heterocycles. The lowest BCUT2D eigenvalue weighted by atomic mass is 10.1. The first kappa shape index (κ1) is 9.31. The van der Waals surface area contributed by atoms with Crippen LogP contribution in [0.4, 0.5) is 13.2 Å². The Kier molecular flexibility index (Phi) is 2.56. The van der Waals surface area contributed by atoms with Crippen molar-refractivity contribution in [3.63, 3.8) is 0 Å². The van der Waals surface area contributed by atoms with Crippen molar-refractivity contribution in [2.75, 3.05) is 19.7 Å². The highest BCUT2D eigenvalue weighted by Gasteiger charge is 2.41. The van der Waals surface area contributed by atoms with Crippen LogP contribution in [0.15, 0.2) is 0 Å². The third kappa shape index (κ3) is 2.37. The number of halogens is 3. The predicted octanol–water partition coefficient (Wildman–Crippen LogP) is 0.311. The van der Waals surface area contributed by atoms with Crippen molar-refractivity contribution in [3.8, 4) is 0 Å². The minimum atomic E-state index is -4.86. The fourth-order valence-electron chi connectivity index (χ4n) is 0.742. The fraction of sp³-hybridized carbons (Fsp3) is 0.833. The second kappa shape index (κ2) is 3.30. The normalized spacial score (nSPS) is 18.6. The molecule has 70 valence electrons. The summed E-state index contributed by atoms with van der Waals surface area (Å²) in [7, 11) is 0. The molecule has 1 aliphatic rings. The van der Waals surface area contributed by atoms with Gasteiger partial charge in [-0.2, -0.15) is 13.2 Å². The van der Waals surface area contributed by atoms with E-state index in [9.17, 15) is 18.0 Å². The first-order valence-electron chi connectivity index (χ1n) is 3.45. The topological polar surface area (TPSA) is 38.3 Å². The Labute approximate surface area is 66.9 Å². The molecule has 0 aromatic carbocycles. The van der Waals surface area contributed by atoms with Gasteiger partial charge in [0.25, 0.3) is 0 Å². The van der Waals surface area contributed by atoms with Gasteiger partial charge in [0, 0.05) is 19.0 Å². The maximum absolute atomic E-state index is 11.5. The van der Waals surface area contributed by atoms with Crippen molar-refractivity contribution in [1.29, 1.82) is 0 Å². The molecule has 1 heterocycles. The zero-order valence-corrected chi connectivity index (χ0v) is 6.15. The molecule has 6 heteroatoms. The third-order valence-electron chi connectivity index (χ3n) is 1.55. The number of hydrogen-bond donors (Lipinski definition) is 1. The lowest BCUT2D eigenvalue weighted by molar-refractivity contribution is -0.201. The van der Waals surface area contributed by atoms with Crippen LogP contribution in [0.25, 0.3) is 0 Å². The van der Waals surface area contributed by atoms with E-state index in [2.05, 4.69) is 10.1 Å². The number of rotatable bonds is 2. The number of hydrogen-bond acceptors (Lipinski definition) is 3. The van der Waals surface area contributed by atoms with Gasteiger partial charge in [0.2, 0.25) is 0 Å². The minimum Gasteiger partial charge on any atom is -0.459 e. The number of esters is 1. The molecule has 0 atom stereocenters. The van der Waals surface area contributed by atoms with Crippen molar-refractivity contribution < 1.29 is 22.7 Å². The molecular weight excluding hydrogens is 175 g/mol. The molecule has 0 aliphatic carbocycles. The van der Waals surface area contributed by atoms with Gasteiger partial charge in [0.05, 0.1) is 6.61 Å². The van der Waals surface area contributed by atoms with E-state index in [0.29, 0.717) is 13.1 Å². The van der Waals surface area contributed by atoms with Crippen LogP contribution in [0.2, 0.25) is 0 Å². The van der Waals surface area contributed by atoms with Crippen LogP contribution in [-0.4, -0.2) is 31.8 Å². The Bertz CT molecular complexity index is 176. The van der Waals surface area contributed by atoms with Gasteiger partial charge in [-0.15, -0.1) is 0 Å². The molecule has 0 unspecified atom stereocenters. The monoisotopic (exact) mass is 183 g/mol. The molecule has 0 aromatic heterocycles. The Hall–Kier alpha value is -0.780. The molecule has 0 aromatic rings. The van der Waals surface area contributed by atoms with E-state index in [4.69, 9.17) is 0 Å². The van der Waals surface area contributed by atoms with Crippen LogP contribution in [0.3, 0.4) is 0 Å². The SMILES string of the molecule is O=C(OCC1CNC1)C(F)(F)F. The van der Waals surface area contributed by atoms with Crippen LogP contribution < -0.4 is 5.32 Å². The largest absolute Gasteiger partial charge is 0.490 e. The quantitative estimate of drug-likeness (QED) is 0.626. The van der Waals surface area contributed by atoms with Gasteiger partial charge in [-0.3, -0.25) is 0 Å². The van der Waals surface area contributed by atoms with Crippen molar-refractivity contribution >= 4 is 5.97 Å². The highest BCUT2D eigenvalue weighted by atomic mass is 19.4. The number of alkyl halides is 3. The predicted molar refractivity (Wildman–Crippen MR) is 33.4 cm³/mol. The van der Waals surface area contributed by atoms with Crippen LogP contribution in [0.5, 0.6) is 0 Å². The van der Waals surface area contributed by atoms with E-state index in [1.807, 2.05) is 0 Å². The van der Waals surface area contributed by atoms with E-state index in [-0.39, 0.29) is 12.5 Å². The van der Waals surface area contributed by atoms with E-state index < -0.39 is 12.1 Å². The van der Waals surface area contributed by atoms with Crippen LogP contribution in [-0.2, 0) is 9.53 Å². The van der Waals surface area contributed by atoms with E-state index in [0.717, 1.165) is 0 Å². The van der Waals surface area contributed by atoms with E-state index in [1.54, 1.807) is 0 Å². The van der Waals surface area contributed by atoms with Gasteiger partial charge in [-0.05, 0) is 0 Å². The maximum Gasteiger partial charge on any atom is 0.490 e. The van der Waals surface area contributed by atoms with Crippen molar-refractivity contribution in [1.82, 2.24) is 5.32 Å². The molecule has 0 saturated carbocycles. The van der Waals surface area contributed by atoms with Gasteiger partial charge in [-0.1, -0.05) is 0 Å². The second-order valence-electron chi connectivity index (χ2n) is 2.62. The van der Waals surface area contributed by atoms with Crippen LogP contribution >= 0.6 is 0 Å². The van der Waals surface area contributed by atoms with Crippen LogP contribution in [0.1, 0.15) is 0 Å². The van der Waals surface area contributed by atoms with Gasteiger partial charge >= 0.3 is 12.1 Å². The Morgan fingerprint density at radius 3 is 2.42 bits per heavy atom. The third-order valence-corrected chi connectivity index (χ3v) is 1.55. The fourth-order valence-corrected chi connectivity index (χ4v) is 0.742. The minimum absolute atomic E-state index is 0.0382. The van der Waals surface area contributed by atoms with Crippen LogP contribution in [0, 0.1) is 5.92 Å². The van der Waals surface area contributed by atoms with Crippen molar-refractivity contribution in [2.45, 2.75) is 6.18 Å². The average Bonchev–Trinajstić information content (AvgIpc) is 1.81. The number of ether oxygens (including phenoxy) is 1. The summed E-state index contributed by atoms with van der Waals surface area (Å²) in [6.07, 6.45) is -4.86.